The van der Waals surface area contributed by atoms with Gasteiger partial charge in [-0.3, -0.25) is 4.79 Å². The van der Waals surface area contributed by atoms with Gasteiger partial charge in [0.2, 0.25) is 5.91 Å². The number of carbonyl (C=O) groups excluding carboxylic acids is 1. The van der Waals surface area contributed by atoms with Crippen molar-refractivity contribution in [1.29, 1.82) is 0 Å². The average Bonchev–Trinajstić information content (AvgIpc) is 2.45. The van der Waals surface area contributed by atoms with Crippen LogP contribution in [-0.4, -0.2) is 19.6 Å². The number of nitrogens with one attached hydrogen (secondary N) is 1. The lowest BCUT2D eigenvalue weighted by Gasteiger charge is -2.29. The molecule has 112 valence electrons. The molecule has 4 heteroatoms. The van der Waals surface area contributed by atoms with Gasteiger partial charge in [-0.05, 0) is 38.3 Å². The van der Waals surface area contributed by atoms with E-state index in [4.69, 9.17) is 10.5 Å². The van der Waals surface area contributed by atoms with Gasteiger partial charge in [0.15, 0.2) is 0 Å². The van der Waals surface area contributed by atoms with Crippen LogP contribution in [0.25, 0.3) is 0 Å². The molecule has 1 rings (SSSR count). The maximum absolute atomic E-state index is 12.5. The van der Waals surface area contributed by atoms with Gasteiger partial charge < -0.3 is 15.8 Å². The molecule has 0 aliphatic carbocycles. The lowest BCUT2D eigenvalue weighted by atomic mass is 9.81. The number of hydrogen-bond donors (Lipinski definition) is 2. The molecule has 0 atom stereocenters. The van der Waals surface area contributed by atoms with Crippen LogP contribution in [-0.2, 0) is 4.79 Å². The Labute approximate surface area is 121 Å². The minimum Gasteiger partial charge on any atom is -0.496 e. The zero-order valence-electron chi connectivity index (χ0n) is 13.2. The van der Waals surface area contributed by atoms with Crippen LogP contribution in [0.3, 0.4) is 0 Å². The fourth-order valence-electron chi connectivity index (χ4n) is 2.48. The van der Waals surface area contributed by atoms with E-state index in [1.807, 2.05) is 39.8 Å². The molecule has 1 aromatic carbocycles. The summed E-state index contributed by atoms with van der Waals surface area (Å²) in [5.41, 5.74) is 8.11. The minimum atomic E-state index is -0.495. The lowest BCUT2D eigenvalue weighted by Crippen LogP contribution is -2.41. The first-order chi connectivity index (χ1) is 9.45. The Bertz CT molecular complexity index is 471. The number of amides is 1. The minimum absolute atomic E-state index is 0.0148. The van der Waals surface area contributed by atoms with Crippen LogP contribution in [0.4, 0.5) is 5.69 Å². The molecule has 20 heavy (non-hydrogen) atoms. The van der Waals surface area contributed by atoms with Crippen LogP contribution in [0.1, 0.15) is 37.8 Å². The highest BCUT2D eigenvalue weighted by Gasteiger charge is 2.33. The maximum Gasteiger partial charge on any atom is 0.231 e. The van der Waals surface area contributed by atoms with Crippen molar-refractivity contribution in [2.75, 3.05) is 19.0 Å². The first-order valence-corrected chi connectivity index (χ1v) is 7.11. The Hall–Kier alpha value is -1.55. The Balaban J connectivity index is 3.08. The third-order valence-corrected chi connectivity index (χ3v) is 4.28. The zero-order valence-corrected chi connectivity index (χ0v) is 13.2. The summed E-state index contributed by atoms with van der Waals surface area (Å²) in [6.45, 7) is 8.29. The van der Waals surface area contributed by atoms with E-state index in [0.29, 0.717) is 6.54 Å². The second-order valence-electron chi connectivity index (χ2n) is 5.23. The van der Waals surface area contributed by atoms with Crippen molar-refractivity contribution >= 4 is 11.6 Å². The number of ether oxygens (including phenoxy) is 1. The van der Waals surface area contributed by atoms with Gasteiger partial charge in [0.1, 0.15) is 5.75 Å². The van der Waals surface area contributed by atoms with Crippen molar-refractivity contribution in [2.45, 2.75) is 40.5 Å². The van der Waals surface area contributed by atoms with E-state index in [9.17, 15) is 4.79 Å². The van der Waals surface area contributed by atoms with Crippen LogP contribution in [0.5, 0.6) is 5.75 Å². The van der Waals surface area contributed by atoms with Gasteiger partial charge in [-0.2, -0.15) is 0 Å². The second kappa shape index (κ2) is 6.75. The molecule has 3 N–H and O–H groups in total. The first-order valence-electron chi connectivity index (χ1n) is 7.11. The Morgan fingerprint density at radius 1 is 1.30 bits per heavy atom. The second-order valence-corrected chi connectivity index (χ2v) is 5.23. The molecule has 0 aliphatic rings. The van der Waals surface area contributed by atoms with E-state index >= 15 is 0 Å². The van der Waals surface area contributed by atoms with E-state index in [-0.39, 0.29) is 5.91 Å². The normalized spacial score (nSPS) is 11.3. The van der Waals surface area contributed by atoms with Gasteiger partial charge in [0.05, 0.1) is 12.5 Å². The van der Waals surface area contributed by atoms with Crippen LogP contribution < -0.4 is 15.8 Å². The van der Waals surface area contributed by atoms with Crippen molar-refractivity contribution in [2.24, 2.45) is 11.1 Å². The smallest absolute Gasteiger partial charge is 0.231 e. The monoisotopic (exact) mass is 278 g/mol. The van der Waals surface area contributed by atoms with Gasteiger partial charge >= 0.3 is 0 Å². The standard InChI is InChI=1S/C16H26N2O2/c1-6-16(7-2,10-17)15(19)18-13-9-8-11(3)14(20-5)12(13)4/h8-9H,6-7,10,17H2,1-5H3,(H,18,19). The molecule has 1 amide bonds. The molecule has 0 unspecified atom stereocenters. The number of hydrogen-bond acceptors (Lipinski definition) is 3. The maximum atomic E-state index is 12.5. The third kappa shape index (κ3) is 2.96. The van der Waals surface area contributed by atoms with E-state index in [1.54, 1.807) is 7.11 Å². The molecular formula is C16H26N2O2. The number of benzene rings is 1. The molecule has 0 heterocycles. The fourth-order valence-corrected chi connectivity index (χ4v) is 2.48. The number of anilines is 1. The van der Waals surface area contributed by atoms with Gasteiger partial charge in [-0.25, -0.2) is 0 Å². The number of aryl methyl sites for hydroxylation is 1. The number of nitrogens with two attached hydrogens (primary N) is 1. The predicted molar refractivity (Wildman–Crippen MR) is 83.2 cm³/mol. The molecule has 0 bridgehead atoms. The summed E-state index contributed by atoms with van der Waals surface area (Å²) in [7, 11) is 1.64. The van der Waals surface area contributed by atoms with Gasteiger partial charge in [0.25, 0.3) is 0 Å². The highest BCUT2D eigenvalue weighted by Crippen LogP contribution is 2.32. The van der Waals surface area contributed by atoms with E-state index in [0.717, 1.165) is 35.4 Å². The summed E-state index contributed by atoms with van der Waals surface area (Å²) < 4.78 is 5.39. The molecule has 4 nitrogen and oxygen atoms in total. The molecule has 0 fully saturated rings. The molecule has 0 aromatic heterocycles. The number of carbonyl (C=O) groups is 1. The summed E-state index contributed by atoms with van der Waals surface area (Å²) in [5.74, 6) is 0.799. The van der Waals surface area contributed by atoms with Crippen molar-refractivity contribution in [1.82, 2.24) is 0 Å². The Kier molecular flexibility index (Phi) is 5.57. The van der Waals surface area contributed by atoms with Crippen LogP contribution in [0.2, 0.25) is 0 Å². The Morgan fingerprint density at radius 2 is 1.90 bits per heavy atom. The van der Waals surface area contributed by atoms with Gasteiger partial charge in [-0.1, -0.05) is 19.9 Å². The summed E-state index contributed by atoms with van der Waals surface area (Å²) >= 11 is 0. The van der Waals surface area contributed by atoms with Crippen LogP contribution >= 0.6 is 0 Å². The predicted octanol–water partition coefficient (Wildman–Crippen LogP) is 3.02. The molecular weight excluding hydrogens is 252 g/mol. The SMILES string of the molecule is CCC(CC)(CN)C(=O)Nc1ccc(C)c(OC)c1C. The van der Waals surface area contributed by atoms with Crippen molar-refractivity contribution in [3.63, 3.8) is 0 Å². The highest BCUT2D eigenvalue weighted by atomic mass is 16.5. The molecule has 0 radical (unpaired) electrons. The summed E-state index contributed by atoms with van der Waals surface area (Å²) in [5, 5.41) is 3.01. The summed E-state index contributed by atoms with van der Waals surface area (Å²) in [4.78, 5) is 12.5. The number of rotatable bonds is 6. The molecule has 1 aromatic rings. The molecule has 0 aliphatic heterocycles. The highest BCUT2D eigenvalue weighted by molar-refractivity contribution is 5.96. The van der Waals surface area contributed by atoms with Crippen molar-refractivity contribution < 1.29 is 9.53 Å². The molecule has 0 saturated heterocycles. The van der Waals surface area contributed by atoms with Crippen molar-refractivity contribution in [3.8, 4) is 5.75 Å². The number of methoxy groups -OCH3 is 1. The van der Waals surface area contributed by atoms with Gasteiger partial charge in [-0.15, -0.1) is 0 Å². The topological polar surface area (TPSA) is 64.4 Å². The molecule has 0 saturated carbocycles. The van der Waals surface area contributed by atoms with E-state index < -0.39 is 5.41 Å². The Morgan fingerprint density at radius 3 is 2.35 bits per heavy atom. The van der Waals surface area contributed by atoms with E-state index in [2.05, 4.69) is 5.32 Å². The van der Waals surface area contributed by atoms with Crippen molar-refractivity contribution in [3.05, 3.63) is 23.3 Å². The summed E-state index contributed by atoms with van der Waals surface area (Å²) in [6, 6.07) is 3.86. The van der Waals surface area contributed by atoms with Crippen LogP contribution in [0, 0.1) is 19.3 Å². The van der Waals surface area contributed by atoms with E-state index in [1.165, 1.54) is 0 Å². The quantitative estimate of drug-likeness (QED) is 0.840. The zero-order chi connectivity index (χ0) is 15.3. The third-order valence-electron chi connectivity index (χ3n) is 4.28. The average molecular weight is 278 g/mol. The summed E-state index contributed by atoms with van der Waals surface area (Å²) in [6.07, 6.45) is 1.46. The lowest BCUT2D eigenvalue weighted by molar-refractivity contribution is -0.125. The van der Waals surface area contributed by atoms with Crippen LogP contribution in [0.15, 0.2) is 12.1 Å². The molecule has 0 spiro atoms. The first kappa shape index (κ1) is 16.5. The largest absolute Gasteiger partial charge is 0.496 e. The fraction of sp³-hybridized carbons (Fsp3) is 0.562. The van der Waals surface area contributed by atoms with Gasteiger partial charge in [0, 0.05) is 17.8 Å².